The van der Waals surface area contributed by atoms with Gasteiger partial charge in [0.15, 0.2) is 5.65 Å². The van der Waals surface area contributed by atoms with Crippen molar-refractivity contribution < 1.29 is 22.7 Å². The minimum Gasteiger partial charge on any atom is -0.491 e. The van der Waals surface area contributed by atoms with Gasteiger partial charge in [-0.3, -0.25) is 14.7 Å². The molecule has 5 rings (SSSR count). The van der Waals surface area contributed by atoms with Gasteiger partial charge in [0.05, 0.1) is 23.6 Å². The Morgan fingerprint density at radius 2 is 1.91 bits per heavy atom. The first kappa shape index (κ1) is 20.8. The topological polar surface area (TPSA) is 88.5 Å². The van der Waals surface area contributed by atoms with Crippen LogP contribution >= 0.6 is 0 Å². The molecule has 3 heterocycles. The van der Waals surface area contributed by atoms with Gasteiger partial charge in [0.25, 0.3) is 11.5 Å². The summed E-state index contributed by atoms with van der Waals surface area (Å²) >= 11 is 0. The van der Waals surface area contributed by atoms with E-state index in [2.05, 4.69) is 15.4 Å². The summed E-state index contributed by atoms with van der Waals surface area (Å²) in [5.41, 5.74) is -1.34. The number of aromatic amines is 1. The van der Waals surface area contributed by atoms with E-state index in [0.29, 0.717) is 29.0 Å². The smallest absolute Gasteiger partial charge is 0.433 e. The van der Waals surface area contributed by atoms with Crippen LogP contribution in [0.5, 0.6) is 5.75 Å². The maximum atomic E-state index is 13.8. The van der Waals surface area contributed by atoms with E-state index in [4.69, 9.17) is 4.74 Å². The number of halogens is 3. The fourth-order valence-electron chi connectivity index (χ4n) is 4.02. The Kier molecular flexibility index (Phi) is 4.73. The highest BCUT2D eigenvalue weighted by molar-refractivity contribution is 6.06. The quantitative estimate of drug-likeness (QED) is 0.486. The van der Waals surface area contributed by atoms with Gasteiger partial charge in [-0.15, -0.1) is 0 Å². The van der Waals surface area contributed by atoms with Gasteiger partial charge >= 0.3 is 6.18 Å². The molecule has 10 heteroatoms. The lowest BCUT2D eigenvalue weighted by Gasteiger charge is -2.11. The molecule has 0 fully saturated rings. The Morgan fingerprint density at radius 1 is 1.15 bits per heavy atom. The second-order valence-electron chi connectivity index (χ2n) is 7.61. The molecule has 0 bridgehead atoms. The van der Waals surface area contributed by atoms with E-state index in [-0.39, 0.29) is 28.0 Å². The number of para-hydroxylation sites is 1. The Bertz CT molecular complexity index is 1460. The number of alkyl halides is 3. The lowest BCUT2D eigenvalue weighted by Crippen LogP contribution is -2.29. The normalized spacial score (nSPS) is 13.1. The number of hydrogen-bond acceptors (Lipinski definition) is 4. The molecule has 0 saturated carbocycles. The molecule has 7 nitrogen and oxygen atoms in total. The first-order valence-corrected chi connectivity index (χ1v) is 10.1. The lowest BCUT2D eigenvalue weighted by molar-refractivity contribution is -0.140. The molecule has 33 heavy (non-hydrogen) atoms. The number of aryl methyl sites for hydroxylation is 1. The van der Waals surface area contributed by atoms with Crippen molar-refractivity contribution in [2.75, 3.05) is 11.9 Å². The fraction of sp³-hybridized carbons (Fsp3) is 0.174. The zero-order chi connectivity index (χ0) is 23.3. The van der Waals surface area contributed by atoms with Crippen LogP contribution in [0.25, 0.3) is 16.8 Å². The standard InChI is InChI=1S/C23H17F3N4O3/c1-12-16(21(31)28-15-9-5-8-14-10-11-33-18(14)15)22(32)30-20(27-12)17(13-6-3-2-4-7-13)19(29-30)23(24,25)26/h2-9,29H,10-11H2,1H3,(H,28,31). The molecule has 0 aliphatic carbocycles. The number of ether oxygens (including phenoxy) is 1. The monoisotopic (exact) mass is 454 g/mol. The highest BCUT2D eigenvalue weighted by Gasteiger charge is 2.38. The largest absolute Gasteiger partial charge is 0.491 e. The Balaban J connectivity index is 1.66. The molecule has 2 aromatic carbocycles. The van der Waals surface area contributed by atoms with E-state index < -0.39 is 23.3 Å². The number of nitrogens with one attached hydrogen (secondary N) is 2. The molecule has 1 amide bonds. The van der Waals surface area contributed by atoms with Gasteiger partial charge in [-0.2, -0.15) is 17.7 Å². The van der Waals surface area contributed by atoms with Crippen LogP contribution in [-0.2, 0) is 12.6 Å². The second kappa shape index (κ2) is 7.51. The molecule has 2 N–H and O–H groups in total. The molecular formula is C23H17F3N4O3. The van der Waals surface area contributed by atoms with Crippen molar-refractivity contribution in [1.29, 1.82) is 0 Å². The number of rotatable bonds is 3. The molecule has 1 aliphatic heterocycles. The maximum Gasteiger partial charge on any atom is 0.433 e. The third-order valence-electron chi connectivity index (χ3n) is 5.50. The molecule has 168 valence electrons. The highest BCUT2D eigenvalue weighted by atomic mass is 19.4. The van der Waals surface area contributed by atoms with E-state index in [1.807, 2.05) is 6.07 Å². The van der Waals surface area contributed by atoms with Gasteiger partial charge in [0.1, 0.15) is 17.0 Å². The summed E-state index contributed by atoms with van der Waals surface area (Å²) in [5, 5.41) is 4.75. The molecule has 0 spiro atoms. The van der Waals surface area contributed by atoms with Crippen LogP contribution < -0.4 is 15.6 Å². The van der Waals surface area contributed by atoms with Crippen molar-refractivity contribution in [2.45, 2.75) is 19.5 Å². The summed E-state index contributed by atoms with van der Waals surface area (Å²) in [6, 6.07) is 13.1. The number of amides is 1. The van der Waals surface area contributed by atoms with Gasteiger partial charge in [0, 0.05) is 6.42 Å². The minimum absolute atomic E-state index is 0.0101. The summed E-state index contributed by atoms with van der Waals surface area (Å²) in [6.07, 6.45) is -4.08. The maximum absolute atomic E-state index is 13.8. The van der Waals surface area contributed by atoms with E-state index in [1.165, 1.54) is 19.1 Å². The number of nitrogens with zero attached hydrogens (tertiary/aromatic N) is 2. The van der Waals surface area contributed by atoms with Crippen molar-refractivity contribution >= 4 is 17.2 Å². The molecule has 4 aromatic rings. The van der Waals surface area contributed by atoms with Crippen molar-refractivity contribution in [2.24, 2.45) is 0 Å². The minimum atomic E-state index is -4.77. The lowest BCUT2D eigenvalue weighted by atomic mass is 10.1. The summed E-state index contributed by atoms with van der Waals surface area (Å²) in [4.78, 5) is 30.4. The number of anilines is 1. The molecule has 2 aromatic heterocycles. The molecular weight excluding hydrogens is 437 g/mol. The zero-order valence-corrected chi connectivity index (χ0v) is 17.3. The Morgan fingerprint density at radius 3 is 2.64 bits per heavy atom. The number of benzene rings is 2. The van der Waals surface area contributed by atoms with Crippen LogP contribution in [0.15, 0.2) is 53.3 Å². The average molecular weight is 454 g/mol. The fourth-order valence-corrected chi connectivity index (χ4v) is 4.02. The van der Waals surface area contributed by atoms with Gasteiger partial charge in [-0.1, -0.05) is 42.5 Å². The Labute approximate surface area is 184 Å². The summed E-state index contributed by atoms with van der Waals surface area (Å²) in [6.45, 7) is 1.89. The van der Waals surface area contributed by atoms with Crippen molar-refractivity contribution in [3.05, 3.63) is 81.4 Å². The van der Waals surface area contributed by atoms with Gasteiger partial charge in [-0.25, -0.2) is 4.98 Å². The first-order valence-electron chi connectivity index (χ1n) is 10.1. The van der Waals surface area contributed by atoms with E-state index in [9.17, 15) is 22.8 Å². The van der Waals surface area contributed by atoms with Crippen LogP contribution in [0, 0.1) is 6.92 Å². The predicted molar refractivity (Wildman–Crippen MR) is 115 cm³/mol. The van der Waals surface area contributed by atoms with Crippen molar-refractivity contribution in [3.8, 4) is 16.9 Å². The summed E-state index contributed by atoms with van der Waals surface area (Å²) < 4.78 is 47.7. The van der Waals surface area contributed by atoms with E-state index in [1.54, 1.807) is 30.3 Å². The first-order chi connectivity index (χ1) is 15.8. The highest BCUT2D eigenvalue weighted by Crippen LogP contribution is 2.38. The van der Waals surface area contributed by atoms with Crippen LogP contribution in [0.2, 0.25) is 0 Å². The molecule has 0 unspecified atom stereocenters. The third-order valence-corrected chi connectivity index (χ3v) is 5.50. The Hall–Kier alpha value is -4.08. The van der Waals surface area contributed by atoms with Crippen LogP contribution in [0.4, 0.5) is 18.9 Å². The molecule has 0 radical (unpaired) electrons. The molecule has 1 aliphatic rings. The van der Waals surface area contributed by atoms with Crippen LogP contribution in [-0.4, -0.2) is 27.1 Å². The zero-order valence-electron chi connectivity index (χ0n) is 17.3. The van der Waals surface area contributed by atoms with Gasteiger partial charge < -0.3 is 10.1 Å². The molecule has 0 atom stereocenters. The average Bonchev–Trinajstić information content (AvgIpc) is 3.40. The number of H-pyrrole nitrogens is 1. The van der Waals surface area contributed by atoms with E-state index in [0.717, 1.165) is 5.56 Å². The van der Waals surface area contributed by atoms with Crippen molar-refractivity contribution in [3.63, 3.8) is 0 Å². The van der Waals surface area contributed by atoms with Crippen molar-refractivity contribution in [1.82, 2.24) is 14.6 Å². The SMILES string of the molecule is Cc1nc2c(-c3ccccc3)c(C(F)(F)F)[nH]n2c(=O)c1C(=O)Nc1cccc2c1OCC2. The number of hydrogen-bond donors (Lipinski definition) is 2. The predicted octanol–water partition coefficient (Wildman–Crippen LogP) is 4.20. The number of carbonyl (C=O) groups is 1. The summed E-state index contributed by atoms with van der Waals surface area (Å²) in [7, 11) is 0. The number of fused-ring (bicyclic) bond motifs is 2. The number of carbonyl (C=O) groups excluding carboxylic acids is 1. The summed E-state index contributed by atoms with van der Waals surface area (Å²) in [5.74, 6) is -0.268. The second-order valence-corrected chi connectivity index (χ2v) is 7.61. The molecule has 0 saturated heterocycles. The van der Waals surface area contributed by atoms with Gasteiger partial charge in [0.2, 0.25) is 0 Å². The van der Waals surface area contributed by atoms with Gasteiger partial charge in [-0.05, 0) is 24.1 Å². The van der Waals surface area contributed by atoms with E-state index >= 15 is 0 Å². The van der Waals surface area contributed by atoms with Crippen LogP contribution in [0.1, 0.15) is 27.3 Å². The third kappa shape index (κ3) is 3.43. The number of aromatic nitrogens is 3. The van der Waals surface area contributed by atoms with Crippen LogP contribution in [0.3, 0.4) is 0 Å².